The Balaban J connectivity index is 1.44. The third-order valence-corrected chi connectivity index (χ3v) is 4.88. The lowest BCUT2D eigenvalue weighted by atomic mass is 10.3. The average Bonchev–Trinajstić information content (AvgIpc) is 3.14. The van der Waals surface area contributed by atoms with Crippen molar-refractivity contribution < 1.29 is 0 Å². The van der Waals surface area contributed by atoms with Gasteiger partial charge in [-0.3, -0.25) is 9.97 Å². The maximum Gasteiger partial charge on any atom is 0.208 e. The number of pyridine rings is 2. The average molecular weight is 324 g/mol. The first kappa shape index (κ1) is 14.1. The SMILES string of the molecule is c1ccc(-c2nnc(N3CCN(c4ccncc4)CC3)s2)nc1. The molecule has 0 saturated carbocycles. The van der Waals surface area contributed by atoms with Crippen molar-refractivity contribution >= 4 is 22.2 Å². The second kappa shape index (κ2) is 6.29. The van der Waals surface area contributed by atoms with E-state index in [9.17, 15) is 0 Å². The van der Waals surface area contributed by atoms with Crippen LogP contribution in [0, 0.1) is 0 Å². The number of hydrogen-bond donors (Lipinski definition) is 0. The minimum Gasteiger partial charge on any atom is -0.368 e. The number of piperazine rings is 1. The van der Waals surface area contributed by atoms with E-state index in [0.29, 0.717) is 0 Å². The lowest BCUT2D eigenvalue weighted by molar-refractivity contribution is 0.649. The summed E-state index contributed by atoms with van der Waals surface area (Å²) in [4.78, 5) is 13.1. The summed E-state index contributed by atoms with van der Waals surface area (Å²) in [6.07, 6.45) is 5.46. The molecule has 0 N–H and O–H groups in total. The Morgan fingerprint density at radius 3 is 2.35 bits per heavy atom. The van der Waals surface area contributed by atoms with Gasteiger partial charge in [-0.2, -0.15) is 0 Å². The van der Waals surface area contributed by atoms with E-state index >= 15 is 0 Å². The Morgan fingerprint density at radius 2 is 1.61 bits per heavy atom. The first-order valence-corrected chi connectivity index (χ1v) is 8.36. The van der Waals surface area contributed by atoms with Crippen molar-refractivity contribution in [1.82, 2.24) is 20.2 Å². The van der Waals surface area contributed by atoms with Crippen LogP contribution in [0.5, 0.6) is 0 Å². The number of anilines is 2. The Kier molecular flexibility index (Phi) is 3.85. The number of hydrogen-bond acceptors (Lipinski definition) is 7. The van der Waals surface area contributed by atoms with Crippen molar-refractivity contribution in [2.24, 2.45) is 0 Å². The second-order valence-corrected chi connectivity index (χ2v) is 6.24. The molecule has 0 atom stereocenters. The molecule has 3 aromatic heterocycles. The van der Waals surface area contributed by atoms with Gasteiger partial charge in [-0.25, -0.2) is 0 Å². The molecular formula is C16H16N6S. The van der Waals surface area contributed by atoms with E-state index in [0.717, 1.165) is 42.0 Å². The van der Waals surface area contributed by atoms with Crippen LogP contribution in [0.2, 0.25) is 0 Å². The summed E-state index contributed by atoms with van der Waals surface area (Å²) in [5, 5.41) is 10.5. The Morgan fingerprint density at radius 1 is 0.826 bits per heavy atom. The third kappa shape index (κ3) is 3.00. The van der Waals surface area contributed by atoms with Crippen molar-refractivity contribution in [3.8, 4) is 10.7 Å². The highest BCUT2D eigenvalue weighted by molar-refractivity contribution is 7.18. The lowest BCUT2D eigenvalue weighted by Gasteiger charge is -2.35. The summed E-state index contributed by atoms with van der Waals surface area (Å²) in [5.41, 5.74) is 2.11. The van der Waals surface area contributed by atoms with Gasteiger partial charge in [0.2, 0.25) is 5.13 Å². The fourth-order valence-corrected chi connectivity index (χ4v) is 3.52. The molecule has 1 aliphatic heterocycles. The molecule has 23 heavy (non-hydrogen) atoms. The smallest absolute Gasteiger partial charge is 0.208 e. The molecular weight excluding hydrogens is 308 g/mol. The van der Waals surface area contributed by atoms with Gasteiger partial charge in [-0.15, -0.1) is 10.2 Å². The summed E-state index contributed by atoms with van der Waals surface area (Å²) in [5.74, 6) is 0. The topological polar surface area (TPSA) is 58.0 Å². The maximum absolute atomic E-state index is 4.34. The summed E-state index contributed by atoms with van der Waals surface area (Å²) in [6.45, 7) is 3.84. The van der Waals surface area contributed by atoms with E-state index in [-0.39, 0.29) is 0 Å². The molecule has 6 nitrogen and oxygen atoms in total. The zero-order chi connectivity index (χ0) is 15.5. The van der Waals surface area contributed by atoms with Crippen LogP contribution < -0.4 is 9.80 Å². The molecule has 0 unspecified atom stereocenters. The van der Waals surface area contributed by atoms with Gasteiger partial charge in [-0.1, -0.05) is 17.4 Å². The Labute approximate surface area is 138 Å². The summed E-state index contributed by atoms with van der Waals surface area (Å²) < 4.78 is 0. The van der Waals surface area contributed by atoms with Gasteiger partial charge in [-0.05, 0) is 24.3 Å². The molecule has 4 rings (SSSR count). The highest BCUT2D eigenvalue weighted by atomic mass is 32.1. The van der Waals surface area contributed by atoms with E-state index in [1.54, 1.807) is 17.5 Å². The predicted molar refractivity (Wildman–Crippen MR) is 91.8 cm³/mol. The molecule has 0 radical (unpaired) electrons. The van der Waals surface area contributed by atoms with Crippen LogP contribution in [0.1, 0.15) is 0 Å². The number of nitrogens with zero attached hydrogens (tertiary/aromatic N) is 6. The summed E-state index contributed by atoms with van der Waals surface area (Å²) >= 11 is 1.60. The lowest BCUT2D eigenvalue weighted by Crippen LogP contribution is -2.46. The first-order valence-electron chi connectivity index (χ1n) is 7.55. The van der Waals surface area contributed by atoms with Gasteiger partial charge in [0.25, 0.3) is 0 Å². The molecule has 1 aliphatic rings. The summed E-state index contributed by atoms with van der Waals surface area (Å²) in [7, 11) is 0. The molecule has 0 bridgehead atoms. The predicted octanol–water partition coefficient (Wildman–Crippen LogP) is 2.32. The van der Waals surface area contributed by atoms with Crippen molar-refractivity contribution in [3.05, 3.63) is 48.9 Å². The van der Waals surface area contributed by atoms with Crippen LogP contribution in [-0.4, -0.2) is 46.3 Å². The van der Waals surface area contributed by atoms with E-state index < -0.39 is 0 Å². The standard InChI is InChI=1S/C16H16N6S/c1-2-6-18-14(3-1)15-19-20-16(23-15)22-11-9-21(10-12-22)13-4-7-17-8-5-13/h1-8H,9-12H2. The van der Waals surface area contributed by atoms with Crippen molar-refractivity contribution in [2.45, 2.75) is 0 Å². The molecule has 0 amide bonds. The molecule has 1 saturated heterocycles. The molecule has 3 aromatic rings. The molecule has 1 fully saturated rings. The van der Waals surface area contributed by atoms with Gasteiger partial charge in [0.1, 0.15) is 5.69 Å². The quantitative estimate of drug-likeness (QED) is 0.737. The Bertz CT molecular complexity index is 753. The van der Waals surface area contributed by atoms with Crippen molar-refractivity contribution in [2.75, 3.05) is 36.0 Å². The third-order valence-electron chi connectivity index (χ3n) is 3.88. The van der Waals surface area contributed by atoms with E-state index in [1.807, 2.05) is 30.6 Å². The molecule has 0 aliphatic carbocycles. The van der Waals surface area contributed by atoms with Gasteiger partial charge >= 0.3 is 0 Å². The van der Waals surface area contributed by atoms with Crippen molar-refractivity contribution in [3.63, 3.8) is 0 Å². The van der Waals surface area contributed by atoms with Crippen LogP contribution in [0.4, 0.5) is 10.8 Å². The van der Waals surface area contributed by atoms with Crippen LogP contribution >= 0.6 is 11.3 Å². The summed E-state index contributed by atoms with van der Waals surface area (Å²) in [6, 6.07) is 9.95. The molecule has 7 heteroatoms. The van der Waals surface area contributed by atoms with Crippen LogP contribution in [-0.2, 0) is 0 Å². The fraction of sp³-hybridized carbons (Fsp3) is 0.250. The minimum absolute atomic E-state index is 0.872. The fourth-order valence-electron chi connectivity index (χ4n) is 2.65. The van der Waals surface area contributed by atoms with E-state index in [2.05, 4.69) is 42.1 Å². The van der Waals surface area contributed by atoms with Crippen LogP contribution in [0.25, 0.3) is 10.7 Å². The minimum atomic E-state index is 0.872. The van der Waals surface area contributed by atoms with Gasteiger partial charge in [0.15, 0.2) is 5.01 Å². The second-order valence-electron chi connectivity index (χ2n) is 5.28. The van der Waals surface area contributed by atoms with Gasteiger partial charge in [0, 0.05) is 50.5 Å². The van der Waals surface area contributed by atoms with Crippen LogP contribution in [0.3, 0.4) is 0 Å². The molecule has 0 spiro atoms. The first-order chi connectivity index (χ1) is 11.4. The van der Waals surface area contributed by atoms with E-state index in [4.69, 9.17) is 0 Å². The Hall–Kier alpha value is -2.54. The van der Waals surface area contributed by atoms with Crippen LogP contribution in [0.15, 0.2) is 48.9 Å². The monoisotopic (exact) mass is 324 g/mol. The maximum atomic E-state index is 4.34. The molecule has 0 aromatic carbocycles. The van der Waals surface area contributed by atoms with Gasteiger partial charge in [0.05, 0.1) is 0 Å². The highest BCUT2D eigenvalue weighted by Crippen LogP contribution is 2.28. The molecule has 4 heterocycles. The zero-order valence-electron chi connectivity index (χ0n) is 12.5. The van der Waals surface area contributed by atoms with E-state index in [1.165, 1.54) is 5.69 Å². The number of aromatic nitrogens is 4. The zero-order valence-corrected chi connectivity index (χ0v) is 13.4. The largest absolute Gasteiger partial charge is 0.368 e. The molecule has 116 valence electrons. The highest BCUT2D eigenvalue weighted by Gasteiger charge is 2.20. The van der Waals surface area contributed by atoms with Gasteiger partial charge < -0.3 is 9.80 Å². The number of rotatable bonds is 3. The van der Waals surface area contributed by atoms with Crippen molar-refractivity contribution in [1.29, 1.82) is 0 Å². The normalized spacial score (nSPS) is 15.0.